The van der Waals surface area contributed by atoms with E-state index in [-0.39, 0.29) is 29.4 Å². The van der Waals surface area contributed by atoms with Crippen molar-refractivity contribution in [2.75, 3.05) is 165 Å². The Morgan fingerprint density at radius 3 is 1.34 bits per heavy atom. The molecule has 0 N–H and O–H groups in total. The number of para-hydroxylation sites is 4. The quantitative estimate of drug-likeness (QED) is 0.0401. The van der Waals surface area contributed by atoms with Crippen LogP contribution in [0.3, 0.4) is 0 Å². The average molecular weight is 1620 g/mol. The van der Waals surface area contributed by atoms with Gasteiger partial charge >= 0.3 is 16.7 Å². The lowest BCUT2D eigenvalue weighted by molar-refractivity contribution is 0.231. The van der Waals surface area contributed by atoms with Gasteiger partial charge in [-0.2, -0.15) is 29.3 Å². The van der Waals surface area contributed by atoms with Crippen molar-refractivity contribution in [2.45, 2.75) is 91.1 Å². The summed E-state index contributed by atoms with van der Waals surface area (Å²) < 4.78 is 34.7. The van der Waals surface area contributed by atoms with Gasteiger partial charge in [-0.3, -0.25) is 34.1 Å². The maximum Gasteiger partial charge on any atom is 0.316 e. The molecule has 1 aliphatic carbocycles. The summed E-state index contributed by atoms with van der Waals surface area (Å²) in [5, 5.41) is 13.6. The Morgan fingerprint density at radius 2 is 0.850 bits per heavy atom. The summed E-state index contributed by atoms with van der Waals surface area (Å²) in [6.07, 6.45) is 17.2. The molecule has 4 aromatic heterocycles. The molecule has 628 valence electrons. The number of likely N-dealkylation sites (N-methyl/N-ethyl adjacent to an activating group) is 1. The highest BCUT2D eigenvalue weighted by molar-refractivity contribution is 5.60. The molecule has 5 fully saturated rings. The normalized spacial score (nSPS) is 15.8. The van der Waals surface area contributed by atoms with Crippen LogP contribution in [-0.2, 0) is 26.2 Å². The number of anilines is 4. The van der Waals surface area contributed by atoms with Gasteiger partial charge in [0.15, 0.2) is 0 Å². The summed E-state index contributed by atoms with van der Waals surface area (Å²) in [7, 11) is 6.33. The van der Waals surface area contributed by atoms with Crippen LogP contribution in [0.25, 0.3) is 17.1 Å². The average Bonchev–Trinajstić information content (AvgIpc) is 0.796. The van der Waals surface area contributed by atoms with Gasteiger partial charge in [0.2, 0.25) is 17.2 Å². The fraction of sp³-hybridized carbons (Fsp3) is 0.385. The molecule has 8 heterocycles. The van der Waals surface area contributed by atoms with E-state index in [1.165, 1.54) is 68.5 Å². The summed E-state index contributed by atoms with van der Waals surface area (Å²) >= 11 is 0. The molecule has 0 spiro atoms. The highest BCUT2D eigenvalue weighted by atomic mass is 16.5. The summed E-state index contributed by atoms with van der Waals surface area (Å²) in [5.74, 6) is 4.39. The van der Waals surface area contributed by atoms with Gasteiger partial charge < -0.3 is 53.1 Å². The van der Waals surface area contributed by atoms with Gasteiger partial charge in [-0.1, -0.05) is 147 Å². The number of aromatic nitrogens is 7. The molecule has 24 nitrogen and oxygen atoms in total. The molecule has 0 amide bonds. The van der Waals surface area contributed by atoms with Gasteiger partial charge in [-0.05, 0) is 161 Å². The van der Waals surface area contributed by atoms with E-state index in [4.69, 9.17) is 23.7 Å². The van der Waals surface area contributed by atoms with E-state index in [1.54, 1.807) is 24.8 Å². The maximum atomic E-state index is 13.7. The van der Waals surface area contributed by atoms with E-state index in [0.29, 0.717) is 35.5 Å². The predicted molar refractivity (Wildman–Crippen MR) is 477 cm³/mol. The van der Waals surface area contributed by atoms with Gasteiger partial charge in [0, 0.05) is 155 Å². The third-order valence-electron chi connectivity index (χ3n) is 22.7. The van der Waals surface area contributed by atoms with Crippen molar-refractivity contribution in [1.82, 2.24) is 58.8 Å². The molecule has 0 unspecified atom stereocenters. The number of nitrogens with zero attached hydrogens (tertiary/aromatic N) is 16. The van der Waals surface area contributed by atoms with Crippen molar-refractivity contribution in [2.24, 2.45) is 5.92 Å². The number of ether oxygens (including phenoxy) is 5. The van der Waals surface area contributed by atoms with E-state index in [9.17, 15) is 14.4 Å². The second kappa shape index (κ2) is 42.8. The second-order valence-corrected chi connectivity index (χ2v) is 32.2. The number of rotatable bonds is 29. The molecule has 120 heavy (non-hydrogen) atoms. The van der Waals surface area contributed by atoms with E-state index in [0.717, 1.165) is 202 Å². The Kier molecular flexibility index (Phi) is 30.3. The number of hydrogen-bond acceptors (Lipinski definition) is 21. The van der Waals surface area contributed by atoms with Crippen LogP contribution in [0.4, 0.5) is 22.7 Å². The van der Waals surface area contributed by atoms with Crippen LogP contribution in [0.1, 0.15) is 81.0 Å². The van der Waals surface area contributed by atoms with E-state index in [2.05, 4.69) is 146 Å². The van der Waals surface area contributed by atoms with Crippen LogP contribution in [0.2, 0.25) is 0 Å². The minimum Gasteiger partial charge on any atom is -0.494 e. The molecule has 16 rings (SSSR count). The summed E-state index contributed by atoms with van der Waals surface area (Å²) in [4.78, 5) is 65.9. The molecule has 0 bridgehead atoms. The molecule has 0 radical (unpaired) electrons. The molecular formula is C96H116N16O8. The standard InChI is InChI=1S/C35H40N4O3.C32H38N6O3.C29H38N6O2/c40-35-34(41-24-19-28-11-4-1-5-12-28)33(26-36-39(35)30-14-6-2-7-15-30)38-22-20-37(21-23-38)27-29-13-10-18-32(25-29)42-31-16-8-3-9-17-31;1-35(2)16-7-21-40-29-13-11-26(12-14-29)24-36-17-19-37(20-18-36)30-23-34-38(28-9-4-3-5-10-28)32(39)31(30)41-25-27-8-6-15-33-22-27;1-23(2)37-28-27(21-30-35(29(28)36)26-7-5-4-6-8-26)34-19-15-32(16-20-34)22-24-9-11-25(12-10-24)33-17-13-31(3)14-18-33/h2-3,6-10,13-18,25-26,28H,1,4-5,11-12,19-24,27H2;3-6,8-15,22-23H,7,16-21,24-25H2,1-2H3;4-12,21,23H,13-20,22H2,1-3H3. The zero-order chi connectivity index (χ0) is 82.8. The van der Waals surface area contributed by atoms with Crippen LogP contribution < -0.4 is 60.0 Å². The van der Waals surface area contributed by atoms with Crippen molar-refractivity contribution < 1.29 is 23.7 Å². The summed E-state index contributed by atoms with van der Waals surface area (Å²) in [5.41, 5.74) is 9.81. The molecule has 0 atom stereocenters. The molecule has 1 saturated carbocycles. The van der Waals surface area contributed by atoms with Crippen molar-refractivity contribution in [3.8, 4) is 51.6 Å². The monoisotopic (exact) mass is 1620 g/mol. The smallest absolute Gasteiger partial charge is 0.316 e. The fourth-order valence-corrected chi connectivity index (χ4v) is 16.0. The van der Waals surface area contributed by atoms with Crippen LogP contribution in [-0.4, -0.2) is 211 Å². The Hall–Kier alpha value is -11.7. The first kappa shape index (κ1) is 84.8. The molecule has 24 heteroatoms. The molecular weight excluding hydrogens is 1510 g/mol. The van der Waals surface area contributed by atoms with Gasteiger partial charge in [0.25, 0.3) is 0 Å². The van der Waals surface area contributed by atoms with Crippen LogP contribution in [0.5, 0.6) is 34.5 Å². The van der Waals surface area contributed by atoms with Crippen molar-refractivity contribution in [3.05, 3.63) is 291 Å². The lowest BCUT2D eigenvalue weighted by atomic mass is 9.87. The zero-order valence-electron chi connectivity index (χ0n) is 70.3. The van der Waals surface area contributed by atoms with Gasteiger partial charge in [0.05, 0.1) is 55.0 Å². The van der Waals surface area contributed by atoms with E-state index < -0.39 is 0 Å². The van der Waals surface area contributed by atoms with Gasteiger partial charge in [-0.25, -0.2) is 0 Å². The first-order chi connectivity index (χ1) is 58.8. The Balaban J connectivity index is 0.000000148. The third-order valence-corrected chi connectivity index (χ3v) is 22.7. The van der Waals surface area contributed by atoms with Crippen LogP contribution in [0.15, 0.2) is 252 Å². The Labute approximate surface area is 705 Å². The number of hydrogen-bond donors (Lipinski definition) is 0. The number of benzene rings is 7. The predicted octanol–water partition coefficient (Wildman–Crippen LogP) is 13.6. The second-order valence-electron chi connectivity index (χ2n) is 32.2. The molecule has 5 aliphatic rings. The van der Waals surface area contributed by atoms with E-state index in [1.807, 2.05) is 166 Å². The lowest BCUT2D eigenvalue weighted by Gasteiger charge is -2.36. The minimum absolute atomic E-state index is 0.104. The van der Waals surface area contributed by atoms with Crippen molar-refractivity contribution in [1.29, 1.82) is 0 Å². The number of pyridine rings is 1. The molecule has 4 saturated heterocycles. The fourth-order valence-electron chi connectivity index (χ4n) is 16.0. The maximum absolute atomic E-state index is 13.7. The van der Waals surface area contributed by atoms with Gasteiger partial charge in [0.1, 0.15) is 40.9 Å². The highest BCUT2D eigenvalue weighted by Gasteiger charge is 2.29. The van der Waals surface area contributed by atoms with Crippen molar-refractivity contribution in [3.63, 3.8) is 0 Å². The first-order valence-corrected chi connectivity index (χ1v) is 42.7. The SMILES string of the molecule is CC(C)Oc1c(N2CCN(Cc3ccc(N4CCN(C)CC4)cc3)CC2)cnn(-c2ccccc2)c1=O.CN(C)CCCOc1ccc(CN2CCN(c3cnn(-c4ccccc4)c(=O)c3OCc3cccnc3)CC2)cc1.O=c1c(OCCC2CCCCC2)c(N2CCN(Cc3cccc(Oc4ccccc4)c3)CC2)cnn1-c1ccccc1. The number of piperazine rings is 4. The Morgan fingerprint density at radius 1 is 0.400 bits per heavy atom. The van der Waals surface area contributed by atoms with Crippen molar-refractivity contribution >= 4 is 22.7 Å². The Bertz CT molecular complexity index is 5130. The first-order valence-electron chi connectivity index (χ1n) is 42.7. The van der Waals surface area contributed by atoms with E-state index >= 15 is 0 Å². The minimum atomic E-state index is -0.274. The molecule has 7 aromatic carbocycles. The summed E-state index contributed by atoms with van der Waals surface area (Å²) in [6, 6.07) is 67.9. The topological polar surface area (TPSA) is 193 Å². The van der Waals surface area contributed by atoms with Crippen LogP contribution >= 0.6 is 0 Å². The lowest BCUT2D eigenvalue weighted by Crippen LogP contribution is -2.46. The molecule has 4 aliphatic heterocycles. The largest absolute Gasteiger partial charge is 0.494 e. The van der Waals surface area contributed by atoms with Crippen LogP contribution in [0, 0.1) is 5.92 Å². The highest BCUT2D eigenvalue weighted by Crippen LogP contribution is 2.33. The third kappa shape index (κ3) is 23.7. The van der Waals surface area contributed by atoms with Gasteiger partial charge in [-0.15, -0.1) is 0 Å². The zero-order valence-corrected chi connectivity index (χ0v) is 70.3. The molecule has 11 aromatic rings. The summed E-state index contributed by atoms with van der Waals surface area (Å²) in [6.45, 7) is 23.6.